The number of primary amides is 1. The minimum Gasteiger partial charge on any atom is -0.369 e. The molecule has 4 nitrogen and oxygen atoms in total. The highest BCUT2D eigenvalue weighted by Crippen LogP contribution is 2.22. The van der Waals surface area contributed by atoms with Crippen molar-refractivity contribution in [1.82, 2.24) is 0 Å². The molecule has 0 unspecified atom stereocenters. The molecular formula is C7H9NO3. The Morgan fingerprint density at radius 2 is 2.09 bits per heavy atom. The third-order valence-electron chi connectivity index (χ3n) is 2.00. The van der Waals surface area contributed by atoms with Gasteiger partial charge in [0.25, 0.3) is 0 Å². The van der Waals surface area contributed by atoms with Gasteiger partial charge < -0.3 is 5.73 Å². The first kappa shape index (κ1) is 7.91. The maximum atomic E-state index is 11.0. The van der Waals surface area contributed by atoms with E-state index >= 15 is 0 Å². The summed E-state index contributed by atoms with van der Waals surface area (Å²) in [6.45, 7) is 1.51. The van der Waals surface area contributed by atoms with E-state index in [4.69, 9.17) is 5.73 Å². The molecule has 1 aliphatic rings. The van der Waals surface area contributed by atoms with Crippen LogP contribution in [-0.2, 0) is 14.4 Å². The predicted octanol–water partition coefficient (Wildman–Crippen LogP) is -0.734. The Kier molecular flexibility index (Phi) is 1.76. The summed E-state index contributed by atoms with van der Waals surface area (Å²) in [6, 6.07) is 0. The monoisotopic (exact) mass is 155 g/mol. The highest BCUT2D eigenvalue weighted by molar-refractivity contribution is 6.17. The molecule has 0 bridgehead atoms. The van der Waals surface area contributed by atoms with Crippen LogP contribution in [-0.4, -0.2) is 17.5 Å². The predicted molar refractivity (Wildman–Crippen MR) is 36.5 cm³/mol. The van der Waals surface area contributed by atoms with Crippen LogP contribution in [0.5, 0.6) is 0 Å². The summed E-state index contributed by atoms with van der Waals surface area (Å²) in [5, 5.41) is 0. The Balaban J connectivity index is 2.83. The first-order valence-electron chi connectivity index (χ1n) is 3.39. The molecule has 2 atom stereocenters. The fourth-order valence-electron chi connectivity index (χ4n) is 1.18. The smallest absolute Gasteiger partial charge is 0.228 e. The molecule has 1 amide bonds. The maximum Gasteiger partial charge on any atom is 0.228 e. The van der Waals surface area contributed by atoms with Crippen molar-refractivity contribution >= 4 is 17.5 Å². The quantitative estimate of drug-likeness (QED) is 0.507. The highest BCUT2D eigenvalue weighted by Gasteiger charge is 2.40. The minimum atomic E-state index is -0.863. The van der Waals surface area contributed by atoms with Gasteiger partial charge in [-0.25, -0.2) is 0 Å². The van der Waals surface area contributed by atoms with Crippen LogP contribution in [0.3, 0.4) is 0 Å². The largest absolute Gasteiger partial charge is 0.369 e. The van der Waals surface area contributed by atoms with E-state index in [0.29, 0.717) is 0 Å². The molecule has 2 N–H and O–H groups in total. The Labute approximate surface area is 63.7 Å². The van der Waals surface area contributed by atoms with Crippen molar-refractivity contribution in [2.45, 2.75) is 13.3 Å². The van der Waals surface area contributed by atoms with Crippen LogP contribution < -0.4 is 5.73 Å². The van der Waals surface area contributed by atoms with Gasteiger partial charge in [-0.1, -0.05) is 0 Å². The first-order valence-corrected chi connectivity index (χ1v) is 3.39. The van der Waals surface area contributed by atoms with Gasteiger partial charge in [-0.05, 0) is 6.92 Å². The van der Waals surface area contributed by atoms with Crippen LogP contribution in [0.1, 0.15) is 13.3 Å². The van der Waals surface area contributed by atoms with Crippen LogP contribution in [0.15, 0.2) is 0 Å². The van der Waals surface area contributed by atoms with Gasteiger partial charge in [0.05, 0.1) is 5.92 Å². The Morgan fingerprint density at radius 3 is 2.27 bits per heavy atom. The van der Waals surface area contributed by atoms with Crippen LogP contribution in [0.25, 0.3) is 0 Å². The van der Waals surface area contributed by atoms with E-state index in [9.17, 15) is 14.4 Å². The van der Waals surface area contributed by atoms with Crippen molar-refractivity contribution in [3.63, 3.8) is 0 Å². The lowest BCUT2D eigenvalue weighted by Gasteiger charge is -1.99. The average molecular weight is 155 g/mol. The number of amides is 1. The zero-order valence-corrected chi connectivity index (χ0v) is 6.16. The molecule has 0 radical (unpaired) electrons. The van der Waals surface area contributed by atoms with Crippen molar-refractivity contribution in [3.05, 3.63) is 0 Å². The standard InChI is InChI=1S/C7H9NO3/c1-3-5(9)2-4(6(3)10)7(8)11/h3-4H,2H2,1H3,(H2,8,11)/t3-,4+/m1/s1. The topological polar surface area (TPSA) is 77.2 Å². The second-order valence-electron chi connectivity index (χ2n) is 2.75. The molecule has 1 rings (SSSR count). The number of hydrogen-bond acceptors (Lipinski definition) is 3. The lowest BCUT2D eigenvalue weighted by Crippen LogP contribution is -2.27. The minimum absolute atomic E-state index is 0.00463. The van der Waals surface area contributed by atoms with Crippen molar-refractivity contribution in [2.75, 3.05) is 0 Å². The Bertz CT molecular complexity index is 234. The summed E-state index contributed by atoms with van der Waals surface area (Å²) in [5.74, 6) is -2.70. The van der Waals surface area contributed by atoms with Crippen molar-refractivity contribution in [1.29, 1.82) is 0 Å². The highest BCUT2D eigenvalue weighted by atomic mass is 16.2. The maximum absolute atomic E-state index is 11.0. The molecule has 0 aromatic carbocycles. The molecule has 0 aromatic rings. The normalized spacial score (nSPS) is 31.0. The number of ketones is 2. The van der Waals surface area contributed by atoms with E-state index in [2.05, 4.69) is 0 Å². The lowest BCUT2D eigenvalue weighted by atomic mass is 10.0. The van der Waals surface area contributed by atoms with E-state index in [1.54, 1.807) is 0 Å². The van der Waals surface area contributed by atoms with Crippen molar-refractivity contribution in [2.24, 2.45) is 17.6 Å². The molecule has 0 heterocycles. The van der Waals surface area contributed by atoms with Gasteiger partial charge in [-0.2, -0.15) is 0 Å². The Hall–Kier alpha value is -1.19. The van der Waals surface area contributed by atoms with Gasteiger partial charge in [-0.3, -0.25) is 14.4 Å². The second kappa shape index (κ2) is 2.45. The Morgan fingerprint density at radius 1 is 1.55 bits per heavy atom. The first-order chi connectivity index (χ1) is 5.04. The summed E-state index contributed by atoms with van der Waals surface area (Å²) in [5.41, 5.74) is 4.90. The SMILES string of the molecule is C[C@@H]1C(=O)C[C@H](C(N)=O)C1=O. The number of carbonyl (C=O) groups is 3. The van der Waals surface area contributed by atoms with Crippen LogP contribution in [0.4, 0.5) is 0 Å². The molecule has 1 saturated carbocycles. The molecule has 0 aromatic heterocycles. The van der Waals surface area contributed by atoms with E-state index in [-0.39, 0.29) is 18.0 Å². The summed E-state index contributed by atoms with van der Waals surface area (Å²) < 4.78 is 0. The van der Waals surface area contributed by atoms with E-state index in [1.807, 2.05) is 0 Å². The van der Waals surface area contributed by atoms with Crippen LogP contribution in [0, 0.1) is 11.8 Å². The molecular weight excluding hydrogens is 146 g/mol. The molecule has 0 aliphatic heterocycles. The lowest BCUT2D eigenvalue weighted by molar-refractivity contribution is -0.131. The molecule has 4 heteroatoms. The third-order valence-corrected chi connectivity index (χ3v) is 2.00. The fraction of sp³-hybridized carbons (Fsp3) is 0.571. The van der Waals surface area contributed by atoms with Gasteiger partial charge in [0.15, 0.2) is 5.78 Å². The molecule has 0 spiro atoms. The molecule has 1 aliphatic carbocycles. The molecule has 1 fully saturated rings. The number of Topliss-reactive ketones (excluding diaryl/α,β-unsaturated/α-hetero) is 2. The van der Waals surface area contributed by atoms with Gasteiger partial charge in [0, 0.05) is 6.42 Å². The second-order valence-corrected chi connectivity index (χ2v) is 2.75. The zero-order valence-electron chi connectivity index (χ0n) is 6.16. The van der Waals surface area contributed by atoms with Gasteiger partial charge in [0.1, 0.15) is 11.7 Å². The van der Waals surface area contributed by atoms with Gasteiger partial charge in [0.2, 0.25) is 5.91 Å². The zero-order chi connectivity index (χ0) is 8.59. The number of rotatable bonds is 1. The number of hydrogen-bond donors (Lipinski definition) is 1. The van der Waals surface area contributed by atoms with Crippen LogP contribution in [0.2, 0.25) is 0 Å². The number of nitrogens with two attached hydrogens (primary N) is 1. The van der Waals surface area contributed by atoms with E-state index in [0.717, 1.165) is 0 Å². The van der Waals surface area contributed by atoms with E-state index < -0.39 is 17.7 Å². The third kappa shape index (κ3) is 1.15. The summed E-state index contributed by atoms with van der Waals surface area (Å²) >= 11 is 0. The summed E-state index contributed by atoms with van der Waals surface area (Å²) in [4.78, 5) is 32.5. The van der Waals surface area contributed by atoms with Crippen LogP contribution >= 0.6 is 0 Å². The molecule has 0 saturated heterocycles. The van der Waals surface area contributed by atoms with Crippen molar-refractivity contribution in [3.8, 4) is 0 Å². The molecule has 11 heavy (non-hydrogen) atoms. The van der Waals surface area contributed by atoms with Gasteiger partial charge in [-0.15, -0.1) is 0 Å². The van der Waals surface area contributed by atoms with Gasteiger partial charge >= 0.3 is 0 Å². The summed E-state index contributed by atoms with van der Waals surface area (Å²) in [6.07, 6.45) is -0.00463. The fourth-order valence-corrected chi connectivity index (χ4v) is 1.18. The molecule has 60 valence electrons. The number of carbonyl (C=O) groups excluding carboxylic acids is 3. The average Bonchev–Trinajstić information content (AvgIpc) is 2.17. The van der Waals surface area contributed by atoms with Crippen molar-refractivity contribution < 1.29 is 14.4 Å². The summed E-state index contributed by atoms with van der Waals surface area (Å²) in [7, 11) is 0. The van der Waals surface area contributed by atoms with E-state index in [1.165, 1.54) is 6.92 Å².